The summed E-state index contributed by atoms with van der Waals surface area (Å²) in [6.07, 6.45) is -0.655. The van der Waals surface area contributed by atoms with E-state index in [0.717, 1.165) is 0 Å². The van der Waals surface area contributed by atoms with Crippen LogP contribution in [0.4, 0.5) is 5.82 Å². The average molecular weight is 266 g/mol. The Morgan fingerprint density at radius 1 is 1.74 bits per heavy atom. The number of aliphatic hydroxyl groups is 2. The topological polar surface area (TPSA) is 145 Å². The standard InChI is InChI=1S/C11H14N4O4/c1-5-7(6-2-14-10(18)15-9(6)13)19-11(3-12,4-16)8(5)17/h2,5,7-8,16-17H,4H2,1H3,(H3,13,14,15,18)/t5-,7-,8+,11?/m1/s1. The second-order valence-corrected chi connectivity index (χ2v) is 4.56. The van der Waals surface area contributed by atoms with Crippen molar-refractivity contribution in [1.29, 1.82) is 5.26 Å². The second-order valence-electron chi connectivity index (χ2n) is 4.56. The van der Waals surface area contributed by atoms with Crippen molar-refractivity contribution in [2.75, 3.05) is 12.3 Å². The number of rotatable bonds is 2. The van der Waals surface area contributed by atoms with Crippen molar-refractivity contribution in [2.24, 2.45) is 5.92 Å². The molecule has 1 saturated heterocycles. The lowest BCUT2D eigenvalue weighted by atomic mass is 9.89. The molecule has 4 atom stereocenters. The van der Waals surface area contributed by atoms with Crippen molar-refractivity contribution >= 4 is 5.82 Å². The molecule has 0 bridgehead atoms. The zero-order valence-corrected chi connectivity index (χ0v) is 10.2. The summed E-state index contributed by atoms with van der Waals surface area (Å²) in [5.41, 5.74) is 3.77. The molecule has 0 amide bonds. The number of aromatic amines is 1. The van der Waals surface area contributed by atoms with Crippen molar-refractivity contribution in [2.45, 2.75) is 24.7 Å². The number of nitrogens with zero attached hydrogens (tertiary/aromatic N) is 2. The minimum atomic E-state index is -1.69. The second kappa shape index (κ2) is 4.62. The van der Waals surface area contributed by atoms with E-state index in [1.165, 1.54) is 6.20 Å². The van der Waals surface area contributed by atoms with Crippen molar-refractivity contribution in [3.05, 3.63) is 22.2 Å². The number of aromatic nitrogens is 2. The third-order valence-electron chi connectivity index (χ3n) is 3.39. The highest BCUT2D eigenvalue weighted by molar-refractivity contribution is 5.40. The summed E-state index contributed by atoms with van der Waals surface area (Å²) in [7, 11) is 0. The molecule has 0 aliphatic carbocycles. The number of ether oxygens (including phenoxy) is 1. The summed E-state index contributed by atoms with van der Waals surface area (Å²) >= 11 is 0. The van der Waals surface area contributed by atoms with Crippen LogP contribution >= 0.6 is 0 Å². The first kappa shape index (κ1) is 13.5. The predicted molar refractivity (Wildman–Crippen MR) is 63.7 cm³/mol. The quantitative estimate of drug-likeness (QED) is 0.519. The first-order chi connectivity index (χ1) is 8.95. The van der Waals surface area contributed by atoms with E-state index >= 15 is 0 Å². The molecule has 0 spiro atoms. The van der Waals surface area contributed by atoms with Crippen molar-refractivity contribution in [3.63, 3.8) is 0 Å². The minimum absolute atomic E-state index is 0.0655. The van der Waals surface area contributed by atoms with Gasteiger partial charge in [-0.25, -0.2) is 9.78 Å². The Kier molecular flexibility index (Phi) is 3.28. The zero-order valence-electron chi connectivity index (χ0n) is 10.2. The van der Waals surface area contributed by atoms with Gasteiger partial charge >= 0.3 is 5.69 Å². The van der Waals surface area contributed by atoms with Crippen LogP contribution in [0.1, 0.15) is 18.6 Å². The number of anilines is 1. The lowest BCUT2D eigenvalue weighted by molar-refractivity contribution is -0.0734. The molecule has 1 aromatic rings. The van der Waals surface area contributed by atoms with Crippen molar-refractivity contribution in [3.8, 4) is 6.07 Å². The highest BCUT2D eigenvalue weighted by atomic mass is 16.5. The summed E-state index contributed by atoms with van der Waals surface area (Å²) in [6.45, 7) is 1.02. The number of nitrogen functional groups attached to an aromatic ring is 1. The molecule has 1 unspecified atom stereocenters. The summed E-state index contributed by atoms with van der Waals surface area (Å²) in [5.74, 6) is -0.419. The number of H-pyrrole nitrogens is 1. The molecular weight excluding hydrogens is 252 g/mol. The van der Waals surface area contributed by atoms with Gasteiger partial charge in [-0.15, -0.1) is 0 Å². The molecule has 0 aromatic carbocycles. The van der Waals surface area contributed by atoms with Gasteiger partial charge in [-0.1, -0.05) is 6.92 Å². The van der Waals surface area contributed by atoms with Gasteiger partial charge in [-0.3, -0.25) is 4.98 Å². The molecule has 19 heavy (non-hydrogen) atoms. The molecule has 2 heterocycles. The first-order valence-corrected chi connectivity index (χ1v) is 5.68. The molecule has 1 aliphatic rings. The van der Waals surface area contributed by atoms with Gasteiger partial charge in [-0.2, -0.15) is 5.26 Å². The van der Waals surface area contributed by atoms with Gasteiger partial charge < -0.3 is 20.7 Å². The van der Waals surface area contributed by atoms with Crippen LogP contribution in [0.25, 0.3) is 0 Å². The molecular formula is C11H14N4O4. The van der Waals surface area contributed by atoms with E-state index in [4.69, 9.17) is 15.7 Å². The van der Waals surface area contributed by atoms with Crippen LogP contribution in [0.3, 0.4) is 0 Å². The van der Waals surface area contributed by atoms with E-state index in [9.17, 15) is 15.0 Å². The number of nitrogens with two attached hydrogens (primary N) is 1. The van der Waals surface area contributed by atoms with E-state index in [-0.39, 0.29) is 5.82 Å². The smallest absolute Gasteiger partial charge is 0.346 e. The Balaban J connectivity index is 2.43. The van der Waals surface area contributed by atoms with Crippen LogP contribution in [-0.2, 0) is 4.74 Å². The fourth-order valence-electron chi connectivity index (χ4n) is 2.24. The van der Waals surface area contributed by atoms with Gasteiger partial charge in [0.2, 0.25) is 5.60 Å². The molecule has 2 rings (SSSR count). The van der Waals surface area contributed by atoms with Gasteiger partial charge in [0.05, 0.1) is 12.7 Å². The molecule has 1 aromatic heterocycles. The molecule has 0 radical (unpaired) electrons. The maximum atomic E-state index is 11.0. The molecule has 0 saturated carbocycles. The summed E-state index contributed by atoms with van der Waals surface area (Å²) in [5, 5.41) is 28.4. The fraction of sp³-hybridized carbons (Fsp3) is 0.545. The molecule has 1 aliphatic heterocycles. The Hall–Kier alpha value is -1.95. The largest absolute Gasteiger partial charge is 0.392 e. The van der Waals surface area contributed by atoms with Crippen LogP contribution in [0.15, 0.2) is 11.0 Å². The number of hydrogen-bond donors (Lipinski definition) is 4. The maximum absolute atomic E-state index is 11.0. The van der Waals surface area contributed by atoms with Crippen molar-refractivity contribution in [1.82, 2.24) is 9.97 Å². The fourth-order valence-corrected chi connectivity index (χ4v) is 2.24. The zero-order chi connectivity index (χ0) is 14.2. The van der Waals surface area contributed by atoms with Gasteiger partial charge in [0.15, 0.2) is 0 Å². The maximum Gasteiger partial charge on any atom is 0.346 e. The molecule has 5 N–H and O–H groups in total. The molecule has 1 fully saturated rings. The van der Waals surface area contributed by atoms with Gasteiger partial charge in [0.1, 0.15) is 18.0 Å². The number of hydrogen-bond acceptors (Lipinski definition) is 7. The highest BCUT2D eigenvalue weighted by Gasteiger charge is 2.54. The lowest BCUT2D eigenvalue weighted by Crippen LogP contribution is -2.43. The van der Waals surface area contributed by atoms with Crippen LogP contribution in [0, 0.1) is 17.2 Å². The van der Waals surface area contributed by atoms with E-state index in [0.29, 0.717) is 5.56 Å². The Morgan fingerprint density at radius 2 is 2.42 bits per heavy atom. The molecule has 8 nitrogen and oxygen atoms in total. The monoisotopic (exact) mass is 266 g/mol. The predicted octanol–water partition coefficient (Wildman–Crippen LogP) is -1.32. The number of nitrogens with one attached hydrogen (secondary N) is 1. The van der Waals surface area contributed by atoms with Crippen molar-refractivity contribution < 1.29 is 14.9 Å². The van der Waals surface area contributed by atoms with Crippen LogP contribution < -0.4 is 11.4 Å². The third-order valence-corrected chi connectivity index (χ3v) is 3.39. The highest BCUT2D eigenvalue weighted by Crippen LogP contribution is 2.44. The van der Waals surface area contributed by atoms with Gasteiger partial charge in [-0.05, 0) is 0 Å². The van der Waals surface area contributed by atoms with Crippen LogP contribution in [0.5, 0.6) is 0 Å². The van der Waals surface area contributed by atoms with Crippen LogP contribution in [-0.4, -0.2) is 38.5 Å². The Morgan fingerprint density at radius 3 is 2.89 bits per heavy atom. The van der Waals surface area contributed by atoms with E-state index in [2.05, 4.69) is 9.97 Å². The molecule has 8 heteroatoms. The average Bonchev–Trinajstić information content (AvgIpc) is 2.64. The normalized spacial score (nSPS) is 34.1. The molecule has 102 valence electrons. The number of nitriles is 1. The summed E-state index contributed by atoms with van der Waals surface area (Å²) < 4.78 is 5.48. The summed E-state index contributed by atoms with van der Waals surface area (Å²) in [6, 6.07) is 1.78. The van der Waals surface area contributed by atoms with E-state index in [1.54, 1.807) is 13.0 Å². The Labute approximate surface area is 108 Å². The third kappa shape index (κ3) is 1.98. The van der Waals surface area contributed by atoms with Gasteiger partial charge in [0.25, 0.3) is 0 Å². The Bertz CT molecular complexity index is 581. The van der Waals surface area contributed by atoms with Gasteiger partial charge in [0, 0.05) is 17.7 Å². The summed E-state index contributed by atoms with van der Waals surface area (Å²) in [4.78, 5) is 16.9. The van der Waals surface area contributed by atoms with E-state index < -0.39 is 36.0 Å². The van der Waals surface area contributed by atoms with Crippen LogP contribution in [0.2, 0.25) is 0 Å². The number of aliphatic hydroxyl groups excluding tert-OH is 2. The lowest BCUT2D eigenvalue weighted by Gasteiger charge is -2.21. The van der Waals surface area contributed by atoms with E-state index in [1.807, 2.05) is 0 Å². The first-order valence-electron chi connectivity index (χ1n) is 5.68. The SMILES string of the molecule is C[C@@H]1[C@H](c2cnc(=O)[nH]c2N)OC(C#N)(CO)[C@H]1O. The minimum Gasteiger partial charge on any atom is -0.392 e.